The molecule has 1 aliphatic carbocycles. The third-order valence-corrected chi connectivity index (χ3v) is 2.26. The first kappa shape index (κ1) is 6.80. The van der Waals surface area contributed by atoms with Crippen LogP contribution in [0.2, 0.25) is 0 Å². The normalized spacial score (nSPS) is 46.4. The number of hydrogen-bond donors (Lipinski definition) is 1. The zero-order chi connectivity index (χ0) is 7.95. The molecule has 0 aromatic rings. The number of hydrogen-bond acceptors (Lipinski definition) is 2. The van der Waals surface area contributed by atoms with Crippen molar-refractivity contribution in [3.05, 3.63) is 24.4 Å². The van der Waals surface area contributed by atoms with Crippen LogP contribution >= 0.6 is 0 Å². The summed E-state index contributed by atoms with van der Waals surface area (Å²) >= 11 is 0. The third kappa shape index (κ3) is 1.03. The minimum absolute atomic E-state index is 0.00521. The van der Waals surface area contributed by atoms with Gasteiger partial charge in [0.25, 0.3) is 0 Å². The molecular formula is C9H11NO. The van der Waals surface area contributed by atoms with Crippen molar-refractivity contribution in [1.29, 1.82) is 0 Å². The maximum atomic E-state index is 9.79. The van der Waals surface area contributed by atoms with Gasteiger partial charge in [0.15, 0.2) is 0 Å². The Bertz CT molecular complexity index is 241. The Balaban J connectivity index is 2.45. The predicted octanol–water partition coefficient (Wildman–Crippen LogP) is 1.28. The van der Waals surface area contributed by atoms with Gasteiger partial charge in [-0.05, 0) is 6.42 Å². The van der Waals surface area contributed by atoms with Crippen LogP contribution in [0.4, 0.5) is 0 Å². The number of nitrogens with zero attached hydrogens (tertiary/aromatic N) is 1. The molecule has 1 N–H and O–H groups in total. The molecule has 0 radical (unpaired) electrons. The van der Waals surface area contributed by atoms with Crippen LogP contribution in [-0.4, -0.2) is 16.9 Å². The molecular weight excluding hydrogens is 138 g/mol. The summed E-state index contributed by atoms with van der Waals surface area (Å²) in [6.07, 6.45) is 9.94. The van der Waals surface area contributed by atoms with E-state index in [4.69, 9.17) is 0 Å². The molecule has 0 spiro atoms. The molecule has 11 heavy (non-hydrogen) atoms. The SMILES string of the molecule is CC12C=CN=CC(O)(C=C1)C2. The van der Waals surface area contributed by atoms with Gasteiger partial charge in [-0.15, -0.1) is 0 Å². The third-order valence-electron chi connectivity index (χ3n) is 2.26. The van der Waals surface area contributed by atoms with Gasteiger partial charge in [-0.25, -0.2) is 0 Å². The highest BCUT2D eigenvalue weighted by Gasteiger charge is 2.37. The fourth-order valence-corrected chi connectivity index (χ4v) is 1.65. The predicted molar refractivity (Wildman–Crippen MR) is 44.4 cm³/mol. The first-order valence-corrected chi connectivity index (χ1v) is 3.77. The molecule has 0 fully saturated rings. The fourth-order valence-electron chi connectivity index (χ4n) is 1.65. The van der Waals surface area contributed by atoms with E-state index in [2.05, 4.69) is 11.9 Å². The lowest BCUT2D eigenvalue weighted by molar-refractivity contribution is 0.148. The zero-order valence-corrected chi connectivity index (χ0v) is 6.49. The van der Waals surface area contributed by atoms with E-state index in [0.29, 0.717) is 0 Å². The quantitative estimate of drug-likeness (QED) is 0.517. The number of rotatable bonds is 0. The lowest BCUT2D eigenvalue weighted by Gasteiger charge is -2.20. The maximum Gasteiger partial charge on any atom is 0.119 e. The number of aliphatic imine (C=N–C) groups is 1. The molecule has 2 bridgehead atoms. The molecule has 2 nitrogen and oxygen atoms in total. The summed E-state index contributed by atoms with van der Waals surface area (Å²) in [4.78, 5) is 3.96. The van der Waals surface area contributed by atoms with Crippen molar-refractivity contribution in [3.8, 4) is 0 Å². The highest BCUT2D eigenvalue weighted by Crippen LogP contribution is 2.39. The summed E-state index contributed by atoms with van der Waals surface area (Å²) in [5.74, 6) is 0. The standard InChI is InChI=1S/C9H11NO/c1-8-2-3-9(11,6-8)7-10-5-4-8/h2-5,7,11H,6H2,1H3. The summed E-state index contributed by atoms with van der Waals surface area (Å²) in [6, 6.07) is 0. The van der Waals surface area contributed by atoms with Gasteiger partial charge in [-0.1, -0.05) is 25.2 Å². The van der Waals surface area contributed by atoms with Gasteiger partial charge in [0.2, 0.25) is 0 Å². The van der Waals surface area contributed by atoms with Crippen LogP contribution in [0.15, 0.2) is 29.4 Å². The van der Waals surface area contributed by atoms with Crippen molar-refractivity contribution >= 4 is 6.21 Å². The molecule has 2 aliphatic rings. The van der Waals surface area contributed by atoms with E-state index in [9.17, 15) is 5.11 Å². The average Bonchev–Trinajstić information content (AvgIpc) is 2.11. The lowest BCUT2D eigenvalue weighted by Crippen LogP contribution is -2.27. The molecule has 0 saturated heterocycles. The Morgan fingerprint density at radius 2 is 2.18 bits per heavy atom. The summed E-state index contributed by atoms with van der Waals surface area (Å²) in [5, 5.41) is 9.79. The van der Waals surface area contributed by atoms with Crippen molar-refractivity contribution in [3.63, 3.8) is 0 Å². The van der Waals surface area contributed by atoms with Gasteiger partial charge < -0.3 is 5.11 Å². The van der Waals surface area contributed by atoms with Crippen molar-refractivity contribution in [2.75, 3.05) is 0 Å². The monoisotopic (exact) mass is 149 g/mol. The van der Waals surface area contributed by atoms with Crippen LogP contribution < -0.4 is 0 Å². The molecule has 2 heteroatoms. The van der Waals surface area contributed by atoms with Crippen LogP contribution in [0.25, 0.3) is 0 Å². The molecule has 0 aromatic heterocycles. The average molecular weight is 149 g/mol. The van der Waals surface area contributed by atoms with Gasteiger partial charge in [0.05, 0.1) is 0 Å². The molecule has 2 unspecified atom stereocenters. The van der Waals surface area contributed by atoms with E-state index in [1.54, 1.807) is 12.4 Å². The van der Waals surface area contributed by atoms with Crippen LogP contribution in [-0.2, 0) is 0 Å². The Labute approximate surface area is 66.0 Å². The van der Waals surface area contributed by atoms with E-state index >= 15 is 0 Å². The molecule has 2 rings (SSSR count). The van der Waals surface area contributed by atoms with E-state index in [1.807, 2.05) is 18.2 Å². The van der Waals surface area contributed by atoms with E-state index < -0.39 is 5.60 Å². The smallest absolute Gasteiger partial charge is 0.119 e. The van der Waals surface area contributed by atoms with Gasteiger partial charge in [0.1, 0.15) is 5.60 Å². The molecule has 58 valence electrons. The maximum absolute atomic E-state index is 9.79. The molecule has 1 aliphatic heterocycles. The van der Waals surface area contributed by atoms with Crippen LogP contribution in [0.3, 0.4) is 0 Å². The van der Waals surface area contributed by atoms with Gasteiger partial charge in [0, 0.05) is 17.8 Å². The van der Waals surface area contributed by atoms with Crippen molar-refractivity contribution in [2.24, 2.45) is 10.4 Å². The van der Waals surface area contributed by atoms with E-state index in [1.165, 1.54) is 0 Å². The highest BCUT2D eigenvalue weighted by atomic mass is 16.3. The molecule has 0 saturated carbocycles. The first-order chi connectivity index (χ1) is 5.12. The summed E-state index contributed by atoms with van der Waals surface area (Å²) in [5.41, 5.74) is -0.788. The Kier molecular flexibility index (Phi) is 1.13. The van der Waals surface area contributed by atoms with Crippen molar-refractivity contribution < 1.29 is 5.11 Å². The van der Waals surface area contributed by atoms with E-state index in [0.717, 1.165) is 6.42 Å². The van der Waals surface area contributed by atoms with E-state index in [-0.39, 0.29) is 5.41 Å². The topological polar surface area (TPSA) is 32.6 Å². The van der Waals surface area contributed by atoms with Gasteiger partial charge in [-0.2, -0.15) is 0 Å². The van der Waals surface area contributed by atoms with Crippen LogP contribution in [0.1, 0.15) is 13.3 Å². The number of allylic oxidation sites excluding steroid dienone is 2. The number of fused-ring (bicyclic) bond motifs is 2. The summed E-state index contributed by atoms with van der Waals surface area (Å²) in [7, 11) is 0. The fraction of sp³-hybridized carbons (Fsp3) is 0.444. The second-order valence-electron chi connectivity index (χ2n) is 3.60. The van der Waals surface area contributed by atoms with Crippen molar-refractivity contribution in [2.45, 2.75) is 18.9 Å². The molecule has 1 heterocycles. The second kappa shape index (κ2) is 1.83. The minimum atomic E-state index is -0.793. The first-order valence-electron chi connectivity index (χ1n) is 3.77. The number of aliphatic hydroxyl groups is 1. The summed E-state index contributed by atoms with van der Waals surface area (Å²) in [6.45, 7) is 2.09. The molecule has 2 atom stereocenters. The Morgan fingerprint density at radius 1 is 1.36 bits per heavy atom. The summed E-state index contributed by atoms with van der Waals surface area (Å²) < 4.78 is 0. The Hall–Kier alpha value is -0.890. The van der Waals surface area contributed by atoms with Crippen LogP contribution in [0, 0.1) is 5.41 Å². The van der Waals surface area contributed by atoms with Crippen LogP contribution in [0.5, 0.6) is 0 Å². The molecule has 0 aromatic carbocycles. The second-order valence-corrected chi connectivity index (χ2v) is 3.60. The molecule has 0 amide bonds. The Morgan fingerprint density at radius 3 is 3.00 bits per heavy atom. The zero-order valence-electron chi connectivity index (χ0n) is 6.49. The van der Waals surface area contributed by atoms with Crippen molar-refractivity contribution in [1.82, 2.24) is 0 Å². The van der Waals surface area contributed by atoms with Gasteiger partial charge >= 0.3 is 0 Å². The largest absolute Gasteiger partial charge is 0.380 e. The van der Waals surface area contributed by atoms with Gasteiger partial charge in [-0.3, -0.25) is 4.99 Å². The highest BCUT2D eigenvalue weighted by molar-refractivity contribution is 5.74. The lowest BCUT2D eigenvalue weighted by atomic mass is 9.87. The minimum Gasteiger partial charge on any atom is -0.380 e.